The van der Waals surface area contributed by atoms with Crippen LogP contribution in [0.25, 0.3) is 0 Å². The number of anilines is 2. The largest absolute Gasteiger partial charge is 0.354 e. The summed E-state index contributed by atoms with van der Waals surface area (Å²) >= 11 is 0. The molecule has 0 aliphatic heterocycles. The summed E-state index contributed by atoms with van der Waals surface area (Å²) in [5, 5.41) is 0. The molecule has 0 radical (unpaired) electrons. The van der Waals surface area contributed by atoms with Gasteiger partial charge < -0.3 is 10.3 Å². The van der Waals surface area contributed by atoms with E-state index in [-0.39, 0.29) is 5.54 Å². The van der Waals surface area contributed by atoms with E-state index in [2.05, 4.69) is 50.1 Å². The van der Waals surface area contributed by atoms with Crippen molar-refractivity contribution >= 4 is 11.6 Å². The van der Waals surface area contributed by atoms with Gasteiger partial charge in [-0.15, -0.1) is 0 Å². The van der Waals surface area contributed by atoms with Gasteiger partial charge in [0, 0.05) is 24.6 Å². The number of nitrogens with two attached hydrogens (primary N) is 1. The highest BCUT2D eigenvalue weighted by atomic mass is 15.3. The van der Waals surface area contributed by atoms with Crippen LogP contribution in [0.2, 0.25) is 0 Å². The Balaban J connectivity index is 3.28. The number of nitrogen functional groups attached to an aromatic ring is 1. The molecule has 5 nitrogen and oxygen atoms in total. The van der Waals surface area contributed by atoms with E-state index in [0.717, 1.165) is 36.5 Å². The van der Waals surface area contributed by atoms with E-state index in [1.54, 1.807) is 0 Å². The van der Waals surface area contributed by atoms with Crippen molar-refractivity contribution in [1.82, 2.24) is 9.97 Å². The first-order valence-electron chi connectivity index (χ1n) is 6.95. The number of hydrogen-bond donors (Lipinski definition) is 2. The first-order chi connectivity index (χ1) is 8.87. The second-order valence-electron chi connectivity index (χ2n) is 5.56. The zero-order valence-electron chi connectivity index (χ0n) is 13.0. The minimum absolute atomic E-state index is 0.0501. The van der Waals surface area contributed by atoms with Crippen molar-refractivity contribution in [3.8, 4) is 0 Å². The summed E-state index contributed by atoms with van der Waals surface area (Å²) in [6.07, 6.45) is 2.93. The van der Waals surface area contributed by atoms with E-state index in [0.29, 0.717) is 5.82 Å². The lowest BCUT2D eigenvalue weighted by Gasteiger charge is -2.37. The molecule has 1 aromatic heterocycles. The van der Waals surface area contributed by atoms with Crippen LogP contribution in [0.1, 0.15) is 51.9 Å². The zero-order chi connectivity index (χ0) is 14.6. The first kappa shape index (κ1) is 15.7. The second kappa shape index (κ2) is 6.19. The normalized spacial score (nSPS) is 11.5. The lowest BCUT2D eigenvalue weighted by Crippen LogP contribution is -2.41. The SMILES string of the molecule is CCCc1nc(NN)c(C)c(N(C)C(C)(C)CC)n1. The number of aryl methyl sites for hydroxylation is 1. The van der Waals surface area contributed by atoms with Gasteiger partial charge in [0.1, 0.15) is 17.5 Å². The number of rotatable bonds is 6. The Morgan fingerprint density at radius 2 is 1.89 bits per heavy atom. The Morgan fingerprint density at radius 3 is 2.37 bits per heavy atom. The summed E-state index contributed by atoms with van der Waals surface area (Å²) in [4.78, 5) is 11.4. The monoisotopic (exact) mass is 265 g/mol. The van der Waals surface area contributed by atoms with E-state index in [4.69, 9.17) is 10.8 Å². The fourth-order valence-corrected chi connectivity index (χ4v) is 1.88. The first-order valence-corrected chi connectivity index (χ1v) is 6.95. The van der Waals surface area contributed by atoms with Gasteiger partial charge in [0.05, 0.1) is 0 Å². The average Bonchev–Trinajstić information content (AvgIpc) is 2.40. The van der Waals surface area contributed by atoms with Gasteiger partial charge in [0.25, 0.3) is 0 Å². The molecule has 0 saturated carbocycles. The van der Waals surface area contributed by atoms with Crippen molar-refractivity contribution < 1.29 is 0 Å². The van der Waals surface area contributed by atoms with E-state index in [1.807, 2.05) is 6.92 Å². The molecule has 0 amide bonds. The molecule has 0 aliphatic rings. The van der Waals surface area contributed by atoms with Crippen LogP contribution < -0.4 is 16.2 Å². The quantitative estimate of drug-likeness (QED) is 0.611. The van der Waals surface area contributed by atoms with Crippen LogP contribution in [0.15, 0.2) is 0 Å². The number of aromatic nitrogens is 2. The predicted octanol–water partition coefficient (Wildman–Crippen LogP) is 2.65. The molecule has 3 N–H and O–H groups in total. The lowest BCUT2D eigenvalue weighted by molar-refractivity contribution is 0.465. The summed E-state index contributed by atoms with van der Waals surface area (Å²) < 4.78 is 0. The van der Waals surface area contributed by atoms with Gasteiger partial charge in [-0.2, -0.15) is 0 Å². The molecule has 1 heterocycles. The lowest BCUT2D eigenvalue weighted by atomic mass is 9.99. The van der Waals surface area contributed by atoms with Crippen molar-refractivity contribution in [2.24, 2.45) is 5.84 Å². The highest BCUT2D eigenvalue weighted by molar-refractivity contribution is 5.59. The van der Waals surface area contributed by atoms with Crippen LogP contribution in [-0.4, -0.2) is 22.6 Å². The molecule has 108 valence electrons. The summed E-state index contributed by atoms with van der Waals surface area (Å²) in [6.45, 7) is 10.7. The third-order valence-electron chi connectivity index (χ3n) is 3.87. The Kier molecular flexibility index (Phi) is 5.11. The van der Waals surface area contributed by atoms with Gasteiger partial charge in [-0.25, -0.2) is 15.8 Å². The third kappa shape index (κ3) is 3.35. The summed E-state index contributed by atoms with van der Waals surface area (Å²) in [7, 11) is 2.08. The van der Waals surface area contributed by atoms with Gasteiger partial charge in [-0.05, 0) is 33.6 Å². The summed E-state index contributed by atoms with van der Waals surface area (Å²) in [5.74, 6) is 8.08. The minimum Gasteiger partial charge on any atom is -0.354 e. The van der Waals surface area contributed by atoms with E-state index >= 15 is 0 Å². The van der Waals surface area contributed by atoms with Crippen molar-refractivity contribution in [1.29, 1.82) is 0 Å². The fraction of sp³-hybridized carbons (Fsp3) is 0.714. The molecule has 1 aromatic rings. The van der Waals surface area contributed by atoms with Crippen LogP contribution in [0.3, 0.4) is 0 Å². The van der Waals surface area contributed by atoms with Crippen molar-refractivity contribution in [3.63, 3.8) is 0 Å². The third-order valence-corrected chi connectivity index (χ3v) is 3.87. The van der Waals surface area contributed by atoms with Crippen LogP contribution in [0, 0.1) is 6.92 Å². The molecule has 0 saturated heterocycles. The maximum atomic E-state index is 5.57. The molecule has 1 rings (SSSR count). The van der Waals surface area contributed by atoms with Gasteiger partial charge >= 0.3 is 0 Å². The smallest absolute Gasteiger partial charge is 0.148 e. The van der Waals surface area contributed by atoms with Crippen LogP contribution >= 0.6 is 0 Å². The Bertz CT molecular complexity index is 428. The highest BCUT2D eigenvalue weighted by Crippen LogP contribution is 2.29. The second-order valence-corrected chi connectivity index (χ2v) is 5.56. The molecular weight excluding hydrogens is 238 g/mol. The number of hydrazine groups is 1. The molecule has 0 bridgehead atoms. The molecule has 0 atom stereocenters. The van der Waals surface area contributed by atoms with E-state index < -0.39 is 0 Å². The molecule has 0 spiro atoms. The molecule has 0 aromatic carbocycles. The van der Waals surface area contributed by atoms with Gasteiger partial charge in [-0.1, -0.05) is 13.8 Å². The van der Waals surface area contributed by atoms with Crippen molar-refractivity contribution in [3.05, 3.63) is 11.4 Å². The van der Waals surface area contributed by atoms with Crippen molar-refractivity contribution in [2.75, 3.05) is 17.4 Å². The maximum Gasteiger partial charge on any atom is 0.148 e. The van der Waals surface area contributed by atoms with Gasteiger partial charge in [-0.3, -0.25) is 0 Å². The molecule has 0 fully saturated rings. The average molecular weight is 265 g/mol. The van der Waals surface area contributed by atoms with E-state index in [1.165, 1.54) is 0 Å². The summed E-state index contributed by atoms with van der Waals surface area (Å²) in [6, 6.07) is 0. The standard InChI is InChI=1S/C14H27N5/c1-7-9-11-16-12(18-15)10(3)13(17-11)19(6)14(4,5)8-2/h7-9,15H2,1-6H3,(H,16,17,18). The fourth-order valence-electron chi connectivity index (χ4n) is 1.88. The molecular formula is C14H27N5. The molecule has 19 heavy (non-hydrogen) atoms. The van der Waals surface area contributed by atoms with Crippen LogP contribution in [0.4, 0.5) is 11.6 Å². The van der Waals surface area contributed by atoms with Crippen LogP contribution in [0.5, 0.6) is 0 Å². The van der Waals surface area contributed by atoms with Crippen LogP contribution in [-0.2, 0) is 6.42 Å². The minimum atomic E-state index is 0.0501. The maximum absolute atomic E-state index is 5.57. The van der Waals surface area contributed by atoms with Gasteiger partial charge in [0.15, 0.2) is 0 Å². The molecule has 0 aliphatic carbocycles. The number of hydrogen-bond acceptors (Lipinski definition) is 5. The van der Waals surface area contributed by atoms with E-state index in [9.17, 15) is 0 Å². The predicted molar refractivity (Wildman–Crippen MR) is 81.3 cm³/mol. The molecule has 0 unspecified atom stereocenters. The Labute approximate surface area is 116 Å². The number of nitrogens with zero attached hydrogens (tertiary/aromatic N) is 3. The Morgan fingerprint density at radius 1 is 1.26 bits per heavy atom. The topological polar surface area (TPSA) is 67.1 Å². The van der Waals surface area contributed by atoms with Gasteiger partial charge in [0.2, 0.25) is 0 Å². The highest BCUT2D eigenvalue weighted by Gasteiger charge is 2.25. The zero-order valence-corrected chi connectivity index (χ0v) is 13.0. The summed E-state index contributed by atoms with van der Waals surface area (Å²) in [5.41, 5.74) is 3.72. The number of nitrogens with one attached hydrogen (secondary N) is 1. The Hall–Kier alpha value is -1.36. The van der Waals surface area contributed by atoms with Crippen molar-refractivity contribution in [2.45, 2.75) is 59.4 Å². The molecule has 5 heteroatoms.